The van der Waals surface area contributed by atoms with Crippen molar-refractivity contribution >= 4 is 11.7 Å². The molecule has 0 saturated carbocycles. The van der Waals surface area contributed by atoms with E-state index in [9.17, 15) is 18.0 Å². The third-order valence-corrected chi connectivity index (χ3v) is 3.03. The summed E-state index contributed by atoms with van der Waals surface area (Å²) in [5.74, 6) is -1.29. The number of hydrogen-bond donors (Lipinski definition) is 2. The smallest absolute Gasteiger partial charge is 0.416 e. The van der Waals surface area contributed by atoms with Gasteiger partial charge in [-0.3, -0.25) is 0 Å². The van der Waals surface area contributed by atoms with E-state index in [-0.39, 0.29) is 30.7 Å². The van der Waals surface area contributed by atoms with Crippen LogP contribution < -0.4 is 5.32 Å². The molecule has 1 rings (SSSR count). The molecular formula is C16H24F3NO6. The molecule has 0 aromatic heterocycles. The summed E-state index contributed by atoms with van der Waals surface area (Å²) < 4.78 is 56.5. The molecule has 0 bridgehead atoms. The van der Waals surface area contributed by atoms with Gasteiger partial charge in [0.2, 0.25) is 0 Å². The SMILES string of the molecule is COCC(OC)OC.COCCNc1cc(C(F)(F)F)ccc1C(=O)O. The van der Waals surface area contributed by atoms with Gasteiger partial charge in [0.1, 0.15) is 0 Å². The average Bonchev–Trinajstić information content (AvgIpc) is 2.59. The number of halogens is 3. The number of hydrogen-bond acceptors (Lipinski definition) is 6. The highest BCUT2D eigenvalue weighted by molar-refractivity contribution is 5.94. The molecule has 0 heterocycles. The van der Waals surface area contributed by atoms with E-state index in [0.29, 0.717) is 6.61 Å². The minimum absolute atomic E-state index is 0.0747. The second-order valence-corrected chi connectivity index (χ2v) is 4.84. The van der Waals surface area contributed by atoms with Crippen LogP contribution in [0.4, 0.5) is 18.9 Å². The summed E-state index contributed by atoms with van der Waals surface area (Å²) in [6, 6.07) is 2.45. The zero-order valence-electron chi connectivity index (χ0n) is 15.1. The number of alkyl halides is 3. The summed E-state index contributed by atoms with van der Waals surface area (Å²) in [4.78, 5) is 10.9. The number of carbonyl (C=O) groups is 1. The van der Waals surface area contributed by atoms with E-state index in [2.05, 4.69) is 5.32 Å². The van der Waals surface area contributed by atoms with E-state index >= 15 is 0 Å². The predicted molar refractivity (Wildman–Crippen MR) is 88.5 cm³/mol. The fourth-order valence-corrected chi connectivity index (χ4v) is 1.71. The zero-order valence-corrected chi connectivity index (χ0v) is 15.1. The van der Waals surface area contributed by atoms with Crippen LogP contribution >= 0.6 is 0 Å². The molecule has 7 nitrogen and oxygen atoms in total. The fourth-order valence-electron chi connectivity index (χ4n) is 1.71. The standard InChI is InChI=1S/C11H12F3NO3.C5H12O3/c1-18-5-4-15-9-6-7(11(12,13)14)2-3-8(9)10(16)17;1-6-4-5(7-2)8-3/h2-3,6,15H,4-5H2,1H3,(H,16,17);5H,4H2,1-3H3. The number of carboxylic acids is 1. The minimum Gasteiger partial charge on any atom is -0.478 e. The minimum atomic E-state index is -4.51. The Morgan fingerprint density at radius 3 is 2.15 bits per heavy atom. The van der Waals surface area contributed by atoms with Crippen LogP contribution in [-0.2, 0) is 25.1 Å². The van der Waals surface area contributed by atoms with Gasteiger partial charge < -0.3 is 29.4 Å². The summed E-state index contributed by atoms with van der Waals surface area (Å²) in [6.07, 6.45) is -4.73. The fraction of sp³-hybridized carbons (Fsp3) is 0.562. The summed E-state index contributed by atoms with van der Waals surface area (Å²) in [6.45, 7) is 0.959. The maximum absolute atomic E-state index is 12.5. The summed E-state index contributed by atoms with van der Waals surface area (Å²) in [7, 11) is 6.19. The van der Waals surface area contributed by atoms with Gasteiger partial charge in [0.25, 0.3) is 0 Å². The lowest BCUT2D eigenvalue weighted by molar-refractivity contribution is -0.137. The molecule has 0 fully saturated rings. The third kappa shape index (κ3) is 8.99. The topological polar surface area (TPSA) is 86.3 Å². The van der Waals surface area contributed by atoms with Crippen LogP contribution in [0.2, 0.25) is 0 Å². The molecular weight excluding hydrogens is 359 g/mol. The van der Waals surface area contributed by atoms with E-state index < -0.39 is 17.7 Å². The first-order chi connectivity index (χ1) is 12.2. The molecule has 0 spiro atoms. The van der Waals surface area contributed by atoms with Crippen LogP contribution in [0.5, 0.6) is 0 Å². The summed E-state index contributed by atoms with van der Waals surface area (Å²) in [5.41, 5.74) is -1.18. The molecule has 0 amide bonds. The molecule has 0 atom stereocenters. The van der Waals surface area contributed by atoms with Crippen LogP contribution in [0.25, 0.3) is 0 Å². The molecule has 0 unspecified atom stereocenters. The zero-order chi connectivity index (χ0) is 20.2. The van der Waals surface area contributed by atoms with Gasteiger partial charge in [-0.25, -0.2) is 4.79 Å². The Morgan fingerprint density at radius 1 is 1.15 bits per heavy atom. The Balaban J connectivity index is 0.000000660. The average molecular weight is 383 g/mol. The van der Waals surface area contributed by atoms with Gasteiger partial charge >= 0.3 is 12.1 Å². The summed E-state index contributed by atoms with van der Waals surface area (Å²) >= 11 is 0. The number of rotatable bonds is 9. The molecule has 0 aliphatic carbocycles. The van der Waals surface area contributed by atoms with Crippen molar-refractivity contribution in [2.75, 3.05) is 53.5 Å². The summed E-state index contributed by atoms with van der Waals surface area (Å²) in [5, 5.41) is 11.5. The lowest BCUT2D eigenvalue weighted by Crippen LogP contribution is -2.18. The highest BCUT2D eigenvalue weighted by Crippen LogP contribution is 2.32. The van der Waals surface area contributed by atoms with Crippen molar-refractivity contribution in [2.24, 2.45) is 0 Å². The van der Waals surface area contributed by atoms with E-state index in [1.54, 1.807) is 21.3 Å². The highest BCUT2D eigenvalue weighted by atomic mass is 19.4. The predicted octanol–water partition coefficient (Wildman–Crippen LogP) is 2.71. The van der Waals surface area contributed by atoms with Gasteiger partial charge in [-0.05, 0) is 18.2 Å². The number of benzene rings is 1. The van der Waals surface area contributed by atoms with E-state index in [4.69, 9.17) is 24.1 Å². The van der Waals surface area contributed by atoms with Gasteiger partial charge in [-0.1, -0.05) is 0 Å². The molecule has 150 valence electrons. The largest absolute Gasteiger partial charge is 0.478 e. The Kier molecular flexibility index (Phi) is 11.6. The molecule has 2 N–H and O–H groups in total. The monoisotopic (exact) mass is 383 g/mol. The Labute approximate surface area is 150 Å². The first kappa shape index (κ1) is 24.1. The number of aromatic carboxylic acids is 1. The molecule has 26 heavy (non-hydrogen) atoms. The Hall–Kier alpha value is -1.88. The number of ether oxygens (including phenoxy) is 4. The van der Waals surface area contributed by atoms with Gasteiger partial charge in [-0.2, -0.15) is 13.2 Å². The lowest BCUT2D eigenvalue weighted by atomic mass is 10.1. The van der Waals surface area contributed by atoms with Crippen LogP contribution in [0.15, 0.2) is 18.2 Å². The molecule has 1 aromatic carbocycles. The van der Waals surface area contributed by atoms with E-state index in [1.807, 2.05) is 0 Å². The van der Waals surface area contributed by atoms with Gasteiger partial charge in [0.05, 0.1) is 24.3 Å². The van der Waals surface area contributed by atoms with Crippen molar-refractivity contribution in [3.05, 3.63) is 29.3 Å². The molecule has 0 radical (unpaired) electrons. The van der Waals surface area contributed by atoms with Crippen molar-refractivity contribution in [2.45, 2.75) is 12.5 Å². The molecule has 0 aliphatic heterocycles. The third-order valence-electron chi connectivity index (χ3n) is 3.03. The first-order valence-corrected chi connectivity index (χ1v) is 7.43. The second-order valence-electron chi connectivity index (χ2n) is 4.84. The van der Waals surface area contributed by atoms with E-state index in [0.717, 1.165) is 18.2 Å². The number of carboxylic acid groups (broad SMARTS) is 1. The lowest BCUT2D eigenvalue weighted by Gasteiger charge is -2.13. The first-order valence-electron chi connectivity index (χ1n) is 7.43. The maximum atomic E-state index is 12.5. The van der Waals surface area contributed by atoms with Crippen molar-refractivity contribution in [3.8, 4) is 0 Å². The van der Waals surface area contributed by atoms with Crippen LogP contribution in [0.3, 0.4) is 0 Å². The van der Waals surface area contributed by atoms with Gasteiger partial charge in [-0.15, -0.1) is 0 Å². The van der Waals surface area contributed by atoms with Gasteiger partial charge in [0.15, 0.2) is 6.29 Å². The van der Waals surface area contributed by atoms with Crippen molar-refractivity contribution in [1.29, 1.82) is 0 Å². The maximum Gasteiger partial charge on any atom is 0.416 e. The number of methoxy groups -OCH3 is 4. The van der Waals surface area contributed by atoms with Crippen molar-refractivity contribution in [1.82, 2.24) is 0 Å². The number of nitrogens with one attached hydrogen (secondary N) is 1. The molecule has 0 saturated heterocycles. The number of anilines is 1. The van der Waals surface area contributed by atoms with Crippen LogP contribution in [0.1, 0.15) is 15.9 Å². The molecule has 1 aromatic rings. The van der Waals surface area contributed by atoms with E-state index in [1.165, 1.54) is 7.11 Å². The van der Waals surface area contributed by atoms with Gasteiger partial charge in [0, 0.05) is 40.7 Å². The Bertz CT molecular complexity index is 535. The molecule has 10 heteroatoms. The van der Waals surface area contributed by atoms with Crippen LogP contribution in [0, 0.1) is 0 Å². The van der Waals surface area contributed by atoms with Crippen LogP contribution in [-0.4, -0.2) is 65.6 Å². The van der Waals surface area contributed by atoms with Crippen molar-refractivity contribution in [3.63, 3.8) is 0 Å². The van der Waals surface area contributed by atoms with Crippen molar-refractivity contribution < 1.29 is 42.0 Å². The normalized spacial score (nSPS) is 11.1. The quantitative estimate of drug-likeness (QED) is 0.501. The Morgan fingerprint density at radius 2 is 1.77 bits per heavy atom. The highest BCUT2D eigenvalue weighted by Gasteiger charge is 2.31. The second kappa shape index (κ2) is 12.5. The molecule has 0 aliphatic rings.